The molecule has 0 aromatic heterocycles. The fourth-order valence-corrected chi connectivity index (χ4v) is 3.06. The Morgan fingerprint density at radius 1 is 1.27 bits per heavy atom. The quantitative estimate of drug-likeness (QED) is 0.771. The van der Waals surface area contributed by atoms with Gasteiger partial charge in [-0.05, 0) is 25.5 Å². The number of ether oxygens (including phenoxy) is 2. The van der Waals surface area contributed by atoms with Gasteiger partial charge >= 0.3 is 6.03 Å². The number of benzene rings is 1. The third-order valence-electron chi connectivity index (χ3n) is 4.58. The van der Waals surface area contributed by atoms with E-state index in [1.165, 1.54) is 0 Å². The van der Waals surface area contributed by atoms with Crippen molar-refractivity contribution in [3.63, 3.8) is 0 Å². The fraction of sp³-hybridized carbons (Fsp3) is 0.579. The molecule has 2 rings (SSSR count). The maximum atomic E-state index is 12.4. The van der Waals surface area contributed by atoms with Crippen LogP contribution in [0.25, 0.3) is 0 Å². The third kappa shape index (κ3) is 4.59. The lowest BCUT2D eigenvalue weighted by Crippen LogP contribution is -2.46. The average molecular weight is 363 g/mol. The van der Waals surface area contributed by atoms with E-state index >= 15 is 0 Å². The highest BCUT2D eigenvalue weighted by atomic mass is 16.5. The zero-order valence-corrected chi connectivity index (χ0v) is 16.1. The lowest BCUT2D eigenvalue weighted by Gasteiger charge is -2.24. The molecule has 0 radical (unpaired) electrons. The molecule has 26 heavy (non-hydrogen) atoms. The normalized spacial score (nSPS) is 16.5. The van der Waals surface area contributed by atoms with Crippen molar-refractivity contribution in [2.75, 3.05) is 38.8 Å². The van der Waals surface area contributed by atoms with Crippen LogP contribution in [0.15, 0.2) is 18.2 Å². The summed E-state index contributed by atoms with van der Waals surface area (Å²) >= 11 is 0. The highest BCUT2D eigenvalue weighted by Gasteiger charge is 2.32. The van der Waals surface area contributed by atoms with Gasteiger partial charge in [0.2, 0.25) is 5.91 Å². The zero-order valence-electron chi connectivity index (χ0n) is 16.1. The van der Waals surface area contributed by atoms with E-state index in [-0.39, 0.29) is 18.0 Å². The van der Waals surface area contributed by atoms with Crippen LogP contribution in [0, 0.1) is 0 Å². The molecule has 1 heterocycles. The molecule has 1 saturated heterocycles. The first-order chi connectivity index (χ1) is 12.5. The van der Waals surface area contributed by atoms with Crippen molar-refractivity contribution in [3.05, 3.63) is 18.2 Å². The van der Waals surface area contributed by atoms with Crippen LogP contribution in [-0.2, 0) is 4.79 Å². The highest BCUT2D eigenvalue weighted by Crippen LogP contribution is 2.33. The van der Waals surface area contributed by atoms with E-state index in [4.69, 9.17) is 9.47 Å². The number of hydrogen-bond donors (Lipinski definition) is 1. The Morgan fingerprint density at radius 3 is 2.62 bits per heavy atom. The lowest BCUT2D eigenvalue weighted by atomic mass is 10.2. The number of urea groups is 1. The first-order valence-corrected chi connectivity index (χ1v) is 9.11. The second-order valence-electron chi connectivity index (χ2n) is 6.33. The van der Waals surface area contributed by atoms with Gasteiger partial charge in [0.15, 0.2) is 11.5 Å². The summed E-state index contributed by atoms with van der Waals surface area (Å²) in [6.07, 6.45) is 2.31. The summed E-state index contributed by atoms with van der Waals surface area (Å²) in [5.74, 6) is 1.17. The van der Waals surface area contributed by atoms with Crippen LogP contribution in [-0.4, -0.2) is 56.7 Å². The number of nitrogens with zero attached hydrogens (tertiary/aromatic N) is 2. The van der Waals surface area contributed by atoms with E-state index in [1.807, 2.05) is 13.0 Å². The molecular formula is C19H29N3O4. The van der Waals surface area contributed by atoms with Gasteiger partial charge in [0.05, 0.1) is 20.3 Å². The van der Waals surface area contributed by atoms with Crippen molar-refractivity contribution in [2.24, 2.45) is 0 Å². The minimum Gasteiger partial charge on any atom is -0.493 e. The number of nitrogens with one attached hydrogen (secondary N) is 1. The Balaban J connectivity index is 2.03. The minimum absolute atomic E-state index is 0.0147. The van der Waals surface area contributed by atoms with E-state index in [9.17, 15) is 9.59 Å². The summed E-state index contributed by atoms with van der Waals surface area (Å²) in [5.41, 5.74) is 0.739. The number of hydrogen-bond acceptors (Lipinski definition) is 4. The fourth-order valence-electron chi connectivity index (χ4n) is 3.06. The Bertz CT molecular complexity index is 635. The summed E-state index contributed by atoms with van der Waals surface area (Å²) in [4.78, 5) is 28.3. The Morgan fingerprint density at radius 2 is 2.00 bits per heavy atom. The average Bonchev–Trinajstić information content (AvgIpc) is 3.01. The van der Waals surface area contributed by atoms with Crippen LogP contribution in [0.4, 0.5) is 10.5 Å². The van der Waals surface area contributed by atoms with Crippen molar-refractivity contribution < 1.29 is 19.1 Å². The molecule has 0 saturated carbocycles. The number of methoxy groups -OCH3 is 2. The van der Waals surface area contributed by atoms with E-state index in [0.29, 0.717) is 31.0 Å². The standard InChI is InChI=1S/C19H29N3O4/c1-5-7-10-21(6-2)19(24)20-14-11-18(23)22(13-14)15-8-9-16(25-3)17(12-15)26-4/h8-9,12,14H,5-7,10-11,13H2,1-4H3,(H,20,24)/t14-/m1/s1. The number of carbonyl (C=O) groups is 2. The molecule has 1 fully saturated rings. The van der Waals surface area contributed by atoms with Gasteiger partial charge in [-0.25, -0.2) is 4.79 Å². The van der Waals surface area contributed by atoms with Gasteiger partial charge in [-0.3, -0.25) is 4.79 Å². The molecule has 0 spiro atoms. The lowest BCUT2D eigenvalue weighted by molar-refractivity contribution is -0.117. The molecule has 1 aromatic rings. The summed E-state index contributed by atoms with van der Waals surface area (Å²) in [5, 5.41) is 2.99. The van der Waals surface area contributed by atoms with Crippen LogP contribution >= 0.6 is 0 Å². The predicted molar refractivity (Wildman–Crippen MR) is 101 cm³/mol. The van der Waals surface area contributed by atoms with E-state index in [0.717, 1.165) is 25.1 Å². The molecule has 1 atom stereocenters. The van der Waals surface area contributed by atoms with Crippen LogP contribution < -0.4 is 19.7 Å². The van der Waals surface area contributed by atoms with Crippen molar-refractivity contribution in [2.45, 2.75) is 39.2 Å². The van der Waals surface area contributed by atoms with Crippen LogP contribution in [0.5, 0.6) is 11.5 Å². The van der Waals surface area contributed by atoms with Crippen molar-refractivity contribution in [1.82, 2.24) is 10.2 Å². The summed E-state index contributed by atoms with van der Waals surface area (Å²) < 4.78 is 10.5. The predicted octanol–water partition coefficient (Wildman–Crippen LogP) is 2.64. The molecular weight excluding hydrogens is 334 g/mol. The first kappa shape index (κ1) is 19.9. The molecule has 0 bridgehead atoms. The van der Waals surface area contributed by atoms with E-state index in [1.54, 1.807) is 36.2 Å². The Kier molecular flexibility index (Phi) is 7.12. The van der Waals surface area contributed by atoms with Crippen LogP contribution in [0.3, 0.4) is 0 Å². The van der Waals surface area contributed by atoms with Gasteiger partial charge < -0.3 is 24.6 Å². The third-order valence-corrected chi connectivity index (χ3v) is 4.58. The van der Waals surface area contributed by atoms with Gasteiger partial charge in [-0.2, -0.15) is 0 Å². The van der Waals surface area contributed by atoms with Crippen molar-refractivity contribution in [3.8, 4) is 11.5 Å². The number of anilines is 1. The number of rotatable bonds is 8. The van der Waals surface area contributed by atoms with Crippen molar-refractivity contribution in [1.29, 1.82) is 0 Å². The second kappa shape index (κ2) is 9.31. The summed E-state index contributed by atoms with van der Waals surface area (Å²) in [6.45, 7) is 5.91. The largest absolute Gasteiger partial charge is 0.493 e. The monoisotopic (exact) mass is 363 g/mol. The van der Waals surface area contributed by atoms with Crippen LogP contribution in [0.2, 0.25) is 0 Å². The molecule has 1 aliphatic rings. The molecule has 7 nitrogen and oxygen atoms in total. The van der Waals surface area contributed by atoms with Gasteiger partial charge in [-0.1, -0.05) is 13.3 Å². The molecule has 7 heteroatoms. The molecule has 0 aliphatic carbocycles. The van der Waals surface area contributed by atoms with Gasteiger partial charge in [0.1, 0.15) is 0 Å². The van der Waals surface area contributed by atoms with Gasteiger partial charge in [0.25, 0.3) is 0 Å². The molecule has 3 amide bonds. The maximum Gasteiger partial charge on any atom is 0.317 e. The maximum absolute atomic E-state index is 12.4. The minimum atomic E-state index is -0.196. The van der Waals surface area contributed by atoms with Gasteiger partial charge in [-0.15, -0.1) is 0 Å². The topological polar surface area (TPSA) is 71.1 Å². The molecule has 1 aromatic carbocycles. The number of carbonyl (C=O) groups excluding carboxylic acids is 2. The molecule has 1 N–H and O–H groups in total. The van der Waals surface area contributed by atoms with Crippen molar-refractivity contribution >= 4 is 17.6 Å². The first-order valence-electron chi connectivity index (χ1n) is 9.11. The summed E-state index contributed by atoms with van der Waals surface area (Å²) in [7, 11) is 3.13. The highest BCUT2D eigenvalue weighted by molar-refractivity contribution is 5.97. The summed E-state index contributed by atoms with van der Waals surface area (Å²) in [6, 6.07) is 5.08. The Hall–Kier alpha value is -2.44. The second-order valence-corrected chi connectivity index (χ2v) is 6.33. The molecule has 1 aliphatic heterocycles. The smallest absolute Gasteiger partial charge is 0.317 e. The van der Waals surface area contributed by atoms with E-state index < -0.39 is 0 Å². The Labute approximate surface area is 155 Å². The molecule has 144 valence electrons. The van der Waals surface area contributed by atoms with Gasteiger partial charge in [0, 0.05) is 37.8 Å². The SMILES string of the molecule is CCCCN(CC)C(=O)N[C@@H]1CC(=O)N(c2ccc(OC)c(OC)c2)C1. The number of unbranched alkanes of at least 4 members (excludes halogenated alkanes) is 1. The molecule has 0 unspecified atom stereocenters. The zero-order chi connectivity index (χ0) is 19.1. The van der Waals surface area contributed by atoms with Crippen LogP contribution in [0.1, 0.15) is 33.1 Å². The number of amides is 3. The van der Waals surface area contributed by atoms with E-state index in [2.05, 4.69) is 12.2 Å².